The lowest BCUT2D eigenvalue weighted by molar-refractivity contribution is 0.0934. The Bertz CT molecular complexity index is 618. The highest BCUT2D eigenvalue weighted by molar-refractivity contribution is 7.91. The van der Waals surface area contributed by atoms with Crippen molar-refractivity contribution in [3.63, 3.8) is 0 Å². The lowest BCUT2D eigenvalue weighted by atomic mass is 10.2. The molecule has 0 saturated carbocycles. The molecule has 1 amide bonds. The summed E-state index contributed by atoms with van der Waals surface area (Å²) in [6.45, 7) is 3.90. The smallest absolute Gasteiger partial charge is 0.270 e. The molecular weight excluding hydrogens is 292 g/mol. The minimum atomic E-state index is -2.96. The Hall–Kier alpha value is -1.70. The van der Waals surface area contributed by atoms with E-state index in [1.165, 1.54) is 12.3 Å². The summed E-state index contributed by atoms with van der Waals surface area (Å²) in [5.41, 5.74) is 0.272. The number of amides is 1. The minimum Gasteiger partial charge on any atom is -0.350 e. The van der Waals surface area contributed by atoms with E-state index in [-0.39, 0.29) is 41.1 Å². The van der Waals surface area contributed by atoms with E-state index in [0.29, 0.717) is 6.42 Å². The van der Waals surface area contributed by atoms with Crippen molar-refractivity contribution >= 4 is 21.7 Å². The summed E-state index contributed by atoms with van der Waals surface area (Å²) in [7, 11) is -2.96. The summed E-state index contributed by atoms with van der Waals surface area (Å²) in [6.07, 6.45) is 2.86. The van der Waals surface area contributed by atoms with E-state index in [4.69, 9.17) is 0 Å². The number of nitrogens with one attached hydrogen (secondary N) is 2. The zero-order valence-electron chi connectivity index (χ0n) is 12.2. The van der Waals surface area contributed by atoms with Crippen LogP contribution >= 0.6 is 0 Å². The molecule has 2 N–H and O–H groups in total. The number of rotatable bonds is 5. The molecule has 0 aromatic carbocycles. The fourth-order valence-electron chi connectivity index (χ4n) is 2.05. The Balaban J connectivity index is 2.03. The van der Waals surface area contributed by atoms with Crippen molar-refractivity contribution in [3.8, 4) is 0 Å². The molecular formula is C13H20N4O3S. The second-order valence-corrected chi connectivity index (χ2v) is 7.52. The predicted molar refractivity (Wildman–Crippen MR) is 79.9 cm³/mol. The van der Waals surface area contributed by atoms with Crippen LogP contribution in [0.5, 0.6) is 0 Å². The lowest BCUT2D eigenvalue weighted by Gasteiger charge is -2.13. The van der Waals surface area contributed by atoms with Crippen molar-refractivity contribution in [2.75, 3.05) is 16.8 Å². The Kier molecular flexibility index (Phi) is 4.76. The SMILES string of the molecule is CCC(C)NC(=O)c1ccnc(NC2CCS(=O)(=O)C2)n1. The maximum absolute atomic E-state index is 12.0. The van der Waals surface area contributed by atoms with Gasteiger partial charge in [-0.15, -0.1) is 0 Å². The number of hydrogen-bond donors (Lipinski definition) is 2. The average molecular weight is 312 g/mol. The molecule has 0 bridgehead atoms. The standard InChI is InChI=1S/C13H20N4O3S/c1-3-9(2)15-12(18)11-4-6-14-13(17-11)16-10-5-7-21(19,20)8-10/h4,6,9-10H,3,5,7-8H2,1-2H3,(H,15,18)(H,14,16,17). The molecule has 21 heavy (non-hydrogen) atoms. The maximum atomic E-state index is 12.0. The van der Waals surface area contributed by atoms with Gasteiger partial charge >= 0.3 is 0 Å². The van der Waals surface area contributed by atoms with Crippen LogP contribution in [0.4, 0.5) is 5.95 Å². The van der Waals surface area contributed by atoms with Gasteiger partial charge in [-0.05, 0) is 25.8 Å². The molecule has 0 spiro atoms. The molecule has 0 radical (unpaired) electrons. The van der Waals surface area contributed by atoms with Crippen LogP contribution < -0.4 is 10.6 Å². The van der Waals surface area contributed by atoms with Crippen molar-refractivity contribution in [1.82, 2.24) is 15.3 Å². The van der Waals surface area contributed by atoms with E-state index >= 15 is 0 Å². The highest BCUT2D eigenvalue weighted by Gasteiger charge is 2.28. The summed E-state index contributed by atoms with van der Waals surface area (Å²) in [5.74, 6) is 0.293. The fourth-order valence-corrected chi connectivity index (χ4v) is 3.72. The molecule has 116 valence electrons. The van der Waals surface area contributed by atoms with E-state index in [1.807, 2.05) is 13.8 Å². The summed E-state index contributed by atoms with van der Waals surface area (Å²) >= 11 is 0. The van der Waals surface area contributed by atoms with Crippen molar-refractivity contribution < 1.29 is 13.2 Å². The van der Waals surface area contributed by atoms with Crippen LogP contribution in [0.15, 0.2) is 12.3 Å². The van der Waals surface area contributed by atoms with Crippen LogP contribution in [0.1, 0.15) is 37.2 Å². The average Bonchev–Trinajstić information content (AvgIpc) is 2.78. The molecule has 1 aromatic rings. The van der Waals surface area contributed by atoms with Gasteiger partial charge in [0.15, 0.2) is 9.84 Å². The zero-order chi connectivity index (χ0) is 15.5. The first kappa shape index (κ1) is 15.7. The lowest BCUT2D eigenvalue weighted by Crippen LogP contribution is -2.32. The van der Waals surface area contributed by atoms with Gasteiger partial charge in [-0.3, -0.25) is 4.79 Å². The third-order valence-corrected chi connectivity index (χ3v) is 5.21. The molecule has 2 rings (SSSR count). The first-order valence-corrected chi connectivity index (χ1v) is 8.82. The number of aromatic nitrogens is 2. The molecule has 2 heterocycles. The molecule has 1 fully saturated rings. The van der Waals surface area contributed by atoms with Crippen LogP contribution in [0.2, 0.25) is 0 Å². The van der Waals surface area contributed by atoms with Crippen LogP contribution in [0.25, 0.3) is 0 Å². The van der Waals surface area contributed by atoms with Gasteiger partial charge in [0.05, 0.1) is 11.5 Å². The number of carbonyl (C=O) groups is 1. The Labute approximate surface area is 124 Å². The monoisotopic (exact) mass is 312 g/mol. The van der Waals surface area contributed by atoms with Crippen LogP contribution in [0.3, 0.4) is 0 Å². The molecule has 1 aromatic heterocycles. The first-order valence-electron chi connectivity index (χ1n) is 7.00. The van der Waals surface area contributed by atoms with Crippen molar-refractivity contribution in [2.45, 2.75) is 38.8 Å². The second kappa shape index (κ2) is 6.38. The van der Waals surface area contributed by atoms with Crippen LogP contribution in [0, 0.1) is 0 Å². The van der Waals surface area contributed by atoms with Crippen LogP contribution in [-0.2, 0) is 9.84 Å². The van der Waals surface area contributed by atoms with Gasteiger partial charge in [-0.1, -0.05) is 6.92 Å². The molecule has 2 atom stereocenters. The van der Waals surface area contributed by atoms with Crippen LogP contribution in [-0.4, -0.2) is 47.9 Å². The summed E-state index contributed by atoms with van der Waals surface area (Å²) in [4.78, 5) is 20.2. The number of sulfone groups is 1. The van der Waals surface area contributed by atoms with Gasteiger partial charge < -0.3 is 10.6 Å². The summed E-state index contributed by atoms with van der Waals surface area (Å²) in [6, 6.07) is 1.42. The number of carbonyl (C=O) groups excluding carboxylic acids is 1. The Morgan fingerprint density at radius 3 is 2.90 bits per heavy atom. The third kappa shape index (κ3) is 4.38. The van der Waals surface area contributed by atoms with Gasteiger partial charge in [-0.25, -0.2) is 18.4 Å². The molecule has 8 heteroatoms. The third-order valence-electron chi connectivity index (χ3n) is 3.44. The van der Waals surface area contributed by atoms with E-state index in [9.17, 15) is 13.2 Å². The minimum absolute atomic E-state index is 0.0730. The van der Waals surface area contributed by atoms with E-state index in [0.717, 1.165) is 6.42 Å². The zero-order valence-corrected chi connectivity index (χ0v) is 13.0. The van der Waals surface area contributed by atoms with E-state index in [2.05, 4.69) is 20.6 Å². The van der Waals surface area contributed by atoms with Crippen molar-refractivity contribution in [2.24, 2.45) is 0 Å². The first-order chi connectivity index (χ1) is 9.89. The van der Waals surface area contributed by atoms with Gasteiger partial charge in [0, 0.05) is 18.3 Å². The predicted octanol–water partition coefficient (Wildman–Crippen LogP) is 0.604. The normalized spacial score (nSPS) is 21.7. The number of anilines is 1. The molecule has 1 saturated heterocycles. The van der Waals surface area contributed by atoms with Gasteiger partial charge in [0.1, 0.15) is 5.69 Å². The van der Waals surface area contributed by atoms with Gasteiger partial charge in [-0.2, -0.15) is 0 Å². The Morgan fingerprint density at radius 2 is 2.29 bits per heavy atom. The van der Waals surface area contributed by atoms with Crippen molar-refractivity contribution in [3.05, 3.63) is 18.0 Å². The highest BCUT2D eigenvalue weighted by Crippen LogP contribution is 2.15. The summed E-state index contributed by atoms with van der Waals surface area (Å²) < 4.78 is 22.8. The molecule has 7 nitrogen and oxygen atoms in total. The second-order valence-electron chi connectivity index (χ2n) is 5.29. The van der Waals surface area contributed by atoms with Crippen molar-refractivity contribution in [1.29, 1.82) is 0 Å². The number of hydrogen-bond acceptors (Lipinski definition) is 6. The quantitative estimate of drug-likeness (QED) is 0.826. The number of nitrogens with zero attached hydrogens (tertiary/aromatic N) is 2. The molecule has 1 aliphatic heterocycles. The largest absolute Gasteiger partial charge is 0.350 e. The molecule has 1 aliphatic rings. The fraction of sp³-hybridized carbons (Fsp3) is 0.615. The van der Waals surface area contributed by atoms with E-state index in [1.54, 1.807) is 0 Å². The van der Waals surface area contributed by atoms with Gasteiger partial charge in [0.25, 0.3) is 5.91 Å². The van der Waals surface area contributed by atoms with E-state index < -0.39 is 9.84 Å². The topological polar surface area (TPSA) is 101 Å². The molecule has 2 unspecified atom stereocenters. The Morgan fingerprint density at radius 1 is 1.52 bits per heavy atom. The maximum Gasteiger partial charge on any atom is 0.270 e. The summed E-state index contributed by atoms with van der Waals surface area (Å²) in [5, 5.41) is 5.80. The highest BCUT2D eigenvalue weighted by atomic mass is 32.2. The van der Waals surface area contributed by atoms with Gasteiger partial charge in [0.2, 0.25) is 5.95 Å². The molecule has 0 aliphatic carbocycles.